The van der Waals surface area contributed by atoms with Gasteiger partial charge in [-0.25, -0.2) is 4.79 Å². The molecule has 0 saturated heterocycles. The first-order chi connectivity index (χ1) is 7.84. The van der Waals surface area contributed by atoms with E-state index in [0.717, 1.165) is 0 Å². The molecule has 6 heteroatoms. The summed E-state index contributed by atoms with van der Waals surface area (Å²) in [6, 6.07) is 3.85. The van der Waals surface area contributed by atoms with E-state index in [0.29, 0.717) is 15.7 Å². The highest BCUT2D eigenvalue weighted by Gasteiger charge is 2.22. The van der Waals surface area contributed by atoms with Gasteiger partial charge in [0.05, 0.1) is 0 Å². The Hall–Kier alpha value is -1.56. The van der Waals surface area contributed by atoms with Crippen molar-refractivity contribution in [2.24, 2.45) is 0 Å². The number of benzene rings is 1. The Morgan fingerprint density at radius 1 is 1.47 bits per heavy atom. The Labute approximate surface area is 107 Å². The maximum Gasteiger partial charge on any atom is 0.326 e. The number of carbonyl (C=O) groups excluding carboxylic acids is 1. The third-order valence-corrected chi connectivity index (χ3v) is 3.19. The number of likely N-dealkylation sites (N-methyl/N-ethyl adjacent to an activating group) is 1. The van der Waals surface area contributed by atoms with Crippen molar-refractivity contribution in [2.45, 2.75) is 13.0 Å². The third kappa shape index (κ3) is 2.97. The van der Waals surface area contributed by atoms with Crippen LogP contribution in [0.4, 0.5) is 5.69 Å². The zero-order chi connectivity index (χ0) is 13.2. The number of anilines is 1. The molecule has 3 N–H and O–H groups in total. The lowest BCUT2D eigenvalue weighted by atomic mass is 10.1. The standard InChI is InChI=1S/C11H13BrN2O3/c1-6(11(16)17)14(2)10(15)7-3-4-9(13)8(12)5-7/h3-6H,13H2,1-2H3,(H,16,17). The number of nitrogens with two attached hydrogens (primary N) is 1. The van der Waals surface area contributed by atoms with Crippen LogP contribution in [0, 0.1) is 0 Å². The molecule has 17 heavy (non-hydrogen) atoms. The van der Waals surface area contributed by atoms with Crippen LogP contribution in [-0.4, -0.2) is 35.0 Å². The quantitative estimate of drug-likeness (QED) is 0.830. The largest absolute Gasteiger partial charge is 0.480 e. The minimum Gasteiger partial charge on any atom is -0.480 e. The number of carboxylic acid groups (broad SMARTS) is 1. The first-order valence-corrected chi connectivity index (χ1v) is 5.69. The molecule has 1 unspecified atom stereocenters. The van der Waals surface area contributed by atoms with E-state index in [1.807, 2.05) is 0 Å². The number of amides is 1. The Morgan fingerprint density at radius 3 is 2.53 bits per heavy atom. The molecule has 92 valence electrons. The third-order valence-electron chi connectivity index (χ3n) is 2.51. The van der Waals surface area contributed by atoms with E-state index in [2.05, 4.69) is 15.9 Å². The van der Waals surface area contributed by atoms with Gasteiger partial charge in [-0.15, -0.1) is 0 Å². The fourth-order valence-electron chi connectivity index (χ4n) is 1.21. The maximum absolute atomic E-state index is 12.0. The summed E-state index contributed by atoms with van der Waals surface area (Å²) >= 11 is 3.22. The molecule has 1 aromatic rings. The van der Waals surface area contributed by atoms with Crippen molar-refractivity contribution >= 4 is 33.5 Å². The SMILES string of the molecule is CC(C(=O)O)N(C)C(=O)c1ccc(N)c(Br)c1. The van der Waals surface area contributed by atoms with E-state index in [4.69, 9.17) is 10.8 Å². The molecule has 0 heterocycles. The lowest BCUT2D eigenvalue weighted by Gasteiger charge is -2.21. The molecule has 0 saturated carbocycles. The fraction of sp³-hybridized carbons (Fsp3) is 0.273. The molecule has 1 rings (SSSR count). The number of hydrogen-bond donors (Lipinski definition) is 2. The lowest BCUT2D eigenvalue weighted by molar-refractivity contribution is -0.141. The van der Waals surface area contributed by atoms with Gasteiger partial charge >= 0.3 is 5.97 Å². The first kappa shape index (κ1) is 13.5. The van der Waals surface area contributed by atoms with Crippen molar-refractivity contribution in [1.82, 2.24) is 4.90 Å². The highest BCUT2D eigenvalue weighted by molar-refractivity contribution is 9.10. The molecular weight excluding hydrogens is 288 g/mol. The van der Waals surface area contributed by atoms with Crippen LogP contribution in [0.15, 0.2) is 22.7 Å². The van der Waals surface area contributed by atoms with Gasteiger partial charge in [-0.05, 0) is 41.1 Å². The van der Waals surface area contributed by atoms with Crippen molar-refractivity contribution in [3.05, 3.63) is 28.2 Å². The van der Waals surface area contributed by atoms with Crippen molar-refractivity contribution in [1.29, 1.82) is 0 Å². The number of carbonyl (C=O) groups is 2. The molecule has 1 aromatic carbocycles. The summed E-state index contributed by atoms with van der Waals surface area (Å²) in [7, 11) is 1.45. The van der Waals surface area contributed by atoms with Crippen LogP contribution in [-0.2, 0) is 4.79 Å². The van der Waals surface area contributed by atoms with Crippen LogP contribution in [0.2, 0.25) is 0 Å². The van der Waals surface area contributed by atoms with Crippen LogP contribution in [0.5, 0.6) is 0 Å². The molecule has 0 radical (unpaired) electrons. The number of hydrogen-bond acceptors (Lipinski definition) is 3. The Bertz CT molecular complexity index is 462. The van der Waals surface area contributed by atoms with E-state index >= 15 is 0 Å². The topological polar surface area (TPSA) is 83.6 Å². The summed E-state index contributed by atoms with van der Waals surface area (Å²) in [5, 5.41) is 8.82. The number of nitrogen functional groups attached to an aromatic ring is 1. The number of nitrogens with zero attached hydrogens (tertiary/aromatic N) is 1. The van der Waals surface area contributed by atoms with Gasteiger partial charge < -0.3 is 15.7 Å². The summed E-state index contributed by atoms with van der Waals surface area (Å²) < 4.78 is 0.611. The summed E-state index contributed by atoms with van der Waals surface area (Å²) in [6.45, 7) is 1.45. The summed E-state index contributed by atoms with van der Waals surface area (Å²) in [6.07, 6.45) is 0. The molecule has 0 spiro atoms. The van der Waals surface area contributed by atoms with Crippen LogP contribution >= 0.6 is 15.9 Å². The molecule has 0 fully saturated rings. The second kappa shape index (κ2) is 5.18. The number of halogens is 1. The van der Waals surface area contributed by atoms with Crippen LogP contribution in [0.3, 0.4) is 0 Å². The monoisotopic (exact) mass is 300 g/mol. The number of rotatable bonds is 3. The van der Waals surface area contributed by atoms with Crippen molar-refractivity contribution in [3.8, 4) is 0 Å². The second-order valence-electron chi connectivity index (χ2n) is 3.67. The van der Waals surface area contributed by atoms with E-state index in [9.17, 15) is 9.59 Å². The van der Waals surface area contributed by atoms with E-state index in [1.165, 1.54) is 18.9 Å². The van der Waals surface area contributed by atoms with Gasteiger partial charge in [-0.1, -0.05) is 0 Å². The normalized spacial score (nSPS) is 11.9. The summed E-state index contributed by atoms with van der Waals surface area (Å²) in [5.41, 5.74) is 6.52. The first-order valence-electron chi connectivity index (χ1n) is 4.89. The smallest absolute Gasteiger partial charge is 0.326 e. The van der Waals surface area contributed by atoms with Gasteiger partial charge in [0.25, 0.3) is 5.91 Å². The minimum atomic E-state index is -1.05. The predicted octanol–water partition coefficient (Wildman–Crippen LogP) is 1.58. The Morgan fingerprint density at radius 2 is 2.06 bits per heavy atom. The molecule has 1 amide bonds. The molecule has 0 aliphatic rings. The molecule has 1 atom stereocenters. The molecular formula is C11H13BrN2O3. The van der Waals surface area contributed by atoms with Crippen LogP contribution < -0.4 is 5.73 Å². The van der Waals surface area contributed by atoms with Gasteiger partial charge in [0.1, 0.15) is 6.04 Å². The average molecular weight is 301 g/mol. The predicted molar refractivity (Wildman–Crippen MR) is 67.7 cm³/mol. The van der Waals surface area contributed by atoms with Gasteiger partial charge in [0.15, 0.2) is 0 Å². The van der Waals surface area contributed by atoms with Gasteiger partial charge in [-0.3, -0.25) is 4.79 Å². The zero-order valence-electron chi connectivity index (χ0n) is 9.48. The number of carboxylic acids is 1. The molecule has 0 aliphatic heterocycles. The second-order valence-corrected chi connectivity index (χ2v) is 4.52. The Balaban J connectivity index is 2.96. The fourth-order valence-corrected chi connectivity index (χ4v) is 1.58. The van der Waals surface area contributed by atoms with Gasteiger partial charge in [0.2, 0.25) is 0 Å². The highest BCUT2D eigenvalue weighted by atomic mass is 79.9. The summed E-state index contributed by atoms with van der Waals surface area (Å²) in [5.74, 6) is -1.41. The van der Waals surface area contributed by atoms with Gasteiger partial charge in [0, 0.05) is 22.8 Å². The van der Waals surface area contributed by atoms with Crippen LogP contribution in [0.25, 0.3) is 0 Å². The summed E-state index contributed by atoms with van der Waals surface area (Å²) in [4.78, 5) is 23.9. The molecule has 0 bridgehead atoms. The number of aliphatic carboxylic acids is 1. The van der Waals surface area contributed by atoms with Gasteiger partial charge in [-0.2, -0.15) is 0 Å². The zero-order valence-corrected chi connectivity index (χ0v) is 11.1. The van der Waals surface area contributed by atoms with Crippen molar-refractivity contribution in [2.75, 3.05) is 12.8 Å². The average Bonchev–Trinajstić information content (AvgIpc) is 2.29. The minimum absolute atomic E-state index is 0.361. The van der Waals surface area contributed by atoms with Crippen LogP contribution in [0.1, 0.15) is 17.3 Å². The van der Waals surface area contributed by atoms with E-state index < -0.39 is 12.0 Å². The van der Waals surface area contributed by atoms with Crippen molar-refractivity contribution in [3.63, 3.8) is 0 Å². The molecule has 0 aliphatic carbocycles. The van der Waals surface area contributed by atoms with Crippen molar-refractivity contribution < 1.29 is 14.7 Å². The van der Waals surface area contributed by atoms with E-state index in [1.54, 1.807) is 18.2 Å². The molecule has 0 aromatic heterocycles. The lowest BCUT2D eigenvalue weighted by Crippen LogP contribution is -2.40. The molecule has 5 nitrogen and oxygen atoms in total. The van der Waals surface area contributed by atoms with E-state index in [-0.39, 0.29) is 5.91 Å². The maximum atomic E-state index is 12.0. The highest BCUT2D eigenvalue weighted by Crippen LogP contribution is 2.21. The Kier molecular flexibility index (Phi) is 4.11.